The number of carbonyl (C=O) groups excluding carboxylic acids is 2. The predicted octanol–water partition coefficient (Wildman–Crippen LogP) is 1.47. The summed E-state index contributed by atoms with van der Waals surface area (Å²) in [5.41, 5.74) is 0. The van der Waals surface area contributed by atoms with Crippen LogP contribution in [-0.4, -0.2) is 18.4 Å². The van der Waals surface area contributed by atoms with E-state index in [1.165, 1.54) is 6.08 Å². The van der Waals surface area contributed by atoms with Crippen molar-refractivity contribution in [3.8, 4) is 0 Å². The molecule has 0 atom stereocenters. The lowest BCUT2D eigenvalue weighted by molar-refractivity contribution is -0.144. The molecule has 0 unspecified atom stereocenters. The van der Waals surface area contributed by atoms with Crippen LogP contribution in [0.15, 0.2) is 12.2 Å². The van der Waals surface area contributed by atoms with Crippen LogP contribution >= 0.6 is 0 Å². The van der Waals surface area contributed by atoms with E-state index in [1.54, 1.807) is 13.0 Å². The van der Waals surface area contributed by atoms with Crippen LogP contribution in [0.2, 0.25) is 0 Å². The van der Waals surface area contributed by atoms with Gasteiger partial charge in [0.25, 0.3) is 0 Å². The molecule has 3 nitrogen and oxygen atoms in total. The Balaban J connectivity index is 3.69. The van der Waals surface area contributed by atoms with Gasteiger partial charge in [-0.25, -0.2) is 0 Å². The average Bonchev–Trinajstić information content (AvgIpc) is 2.01. The molecule has 0 aromatic carbocycles. The molecule has 0 radical (unpaired) electrons. The molecule has 0 rings (SSSR count). The van der Waals surface area contributed by atoms with E-state index in [1.807, 2.05) is 6.92 Å². The van der Waals surface area contributed by atoms with Crippen LogP contribution in [0.25, 0.3) is 0 Å². The Morgan fingerprint density at radius 2 is 2.00 bits per heavy atom. The summed E-state index contributed by atoms with van der Waals surface area (Å²) in [6, 6.07) is 0. The zero-order valence-electron chi connectivity index (χ0n) is 7.50. The molecule has 0 saturated carbocycles. The molecule has 0 aliphatic heterocycles. The minimum Gasteiger partial charge on any atom is -0.466 e. The predicted molar refractivity (Wildman–Crippen MR) is 45.7 cm³/mol. The molecule has 0 aliphatic carbocycles. The van der Waals surface area contributed by atoms with Crippen molar-refractivity contribution in [3.05, 3.63) is 12.2 Å². The van der Waals surface area contributed by atoms with E-state index in [0.717, 1.165) is 6.42 Å². The van der Waals surface area contributed by atoms with Gasteiger partial charge in [-0.2, -0.15) is 0 Å². The number of esters is 1. The van der Waals surface area contributed by atoms with E-state index in [2.05, 4.69) is 4.74 Å². The monoisotopic (exact) mass is 170 g/mol. The topological polar surface area (TPSA) is 43.4 Å². The van der Waals surface area contributed by atoms with Gasteiger partial charge in [-0.05, 0) is 19.4 Å². The molecule has 0 saturated heterocycles. The van der Waals surface area contributed by atoms with Gasteiger partial charge in [0.15, 0.2) is 5.78 Å². The highest BCUT2D eigenvalue weighted by Crippen LogP contribution is 1.91. The quantitative estimate of drug-likeness (QED) is 0.356. The van der Waals surface area contributed by atoms with Crippen molar-refractivity contribution in [1.29, 1.82) is 0 Å². The molecule has 0 bridgehead atoms. The summed E-state index contributed by atoms with van der Waals surface area (Å²) in [7, 11) is 0. The molecule has 68 valence electrons. The second-order valence-electron chi connectivity index (χ2n) is 2.26. The zero-order chi connectivity index (χ0) is 9.40. The van der Waals surface area contributed by atoms with E-state index < -0.39 is 5.97 Å². The maximum atomic E-state index is 10.9. The second kappa shape index (κ2) is 6.58. The third-order valence-corrected chi connectivity index (χ3v) is 1.16. The molecule has 0 N–H and O–H groups in total. The SMILES string of the molecule is CC/C=C/C(=O)CC(=O)OCC. The first-order chi connectivity index (χ1) is 5.70. The van der Waals surface area contributed by atoms with Gasteiger partial charge in [-0.1, -0.05) is 13.0 Å². The van der Waals surface area contributed by atoms with Crippen LogP contribution in [0.4, 0.5) is 0 Å². The first-order valence-electron chi connectivity index (χ1n) is 4.05. The molecule has 0 aromatic heterocycles. The van der Waals surface area contributed by atoms with Crippen LogP contribution in [0.1, 0.15) is 26.7 Å². The van der Waals surface area contributed by atoms with Crippen molar-refractivity contribution in [2.24, 2.45) is 0 Å². The molecule has 12 heavy (non-hydrogen) atoms. The minimum atomic E-state index is -0.455. The highest BCUT2D eigenvalue weighted by atomic mass is 16.5. The fourth-order valence-electron chi connectivity index (χ4n) is 0.663. The van der Waals surface area contributed by atoms with Crippen molar-refractivity contribution < 1.29 is 14.3 Å². The number of ketones is 1. The summed E-state index contributed by atoms with van der Waals surface area (Å²) < 4.78 is 4.60. The maximum Gasteiger partial charge on any atom is 0.313 e. The Bertz CT molecular complexity index is 182. The van der Waals surface area contributed by atoms with Crippen LogP contribution in [-0.2, 0) is 14.3 Å². The van der Waals surface area contributed by atoms with Crippen molar-refractivity contribution >= 4 is 11.8 Å². The maximum absolute atomic E-state index is 10.9. The van der Waals surface area contributed by atoms with E-state index >= 15 is 0 Å². The average molecular weight is 170 g/mol. The van der Waals surface area contributed by atoms with E-state index in [0.29, 0.717) is 6.61 Å². The standard InChI is InChI=1S/C9H14O3/c1-3-5-6-8(10)7-9(11)12-4-2/h5-6H,3-4,7H2,1-2H3/b6-5+. The van der Waals surface area contributed by atoms with Crippen molar-refractivity contribution in [3.63, 3.8) is 0 Å². The number of rotatable bonds is 5. The summed E-state index contributed by atoms with van der Waals surface area (Å²) in [5, 5.41) is 0. The number of ether oxygens (including phenoxy) is 1. The van der Waals surface area contributed by atoms with Gasteiger partial charge in [0, 0.05) is 0 Å². The molecular formula is C9H14O3. The highest BCUT2D eigenvalue weighted by Gasteiger charge is 2.05. The molecule has 0 amide bonds. The van der Waals surface area contributed by atoms with Crippen molar-refractivity contribution in [2.45, 2.75) is 26.7 Å². The van der Waals surface area contributed by atoms with Crippen molar-refractivity contribution in [2.75, 3.05) is 6.61 Å². The van der Waals surface area contributed by atoms with Crippen molar-refractivity contribution in [1.82, 2.24) is 0 Å². The number of carbonyl (C=O) groups is 2. The molecular weight excluding hydrogens is 156 g/mol. The third kappa shape index (κ3) is 5.65. The van der Waals surface area contributed by atoms with Gasteiger partial charge in [0.1, 0.15) is 6.42 Å². The molecule has 0 spiro atoms. The Kier molecular flexibility index (Phi) is 5.97. The lowest BCUT2D eigenvalue weighted by atomic mass is 10.2. The highest BCUT2D eigenvalue weighted by molar-refractivity contribution is 6.01. The summed E-state index contributed by atoms with van der Waals surface area (Å²) in [5.74, 6) is -0.654. The summed E-state index contributed by atoms with van der Waals surface area (Å²) in [6.45, 7) is 3.96. The van der Waals surface area contributed by atoms with Gasteiger partial charge in [0.2, 0.25) is 0 Å². The van der Waals surface area contributed by atoms with Gasteiger partial charge in [-0.3, -0.25) is 9.59 Å². The molecule has 0 fully saturated rings. The van der Waals surface area contributed by atoms with Crippen LogP contribution in [0.5, 0.6) is 0 Å². The molecule has 0 heterocycles. The molecule has 3 heteroatoms. The summed E-state index contributed by atoms with van der Waals surface area (Å²) in [6.07, 6.45) is 3.79. The third-order valence-electron chi connectivity index (χ3n) is 1.16. The van der Waals surface area contributed by atoms with Crippen LogP contribution in [0, 0.1) is 0 Å². The van der Waals surface area contributed by atoms with Gasteiger partial charge in [0.05, 0.1) is 6.61 Å². The van der Waals surface area contributed by atoms with E-state index in [4.69, 9.17) is 0 Å². The smallest absolute Gasteiger partial charge is 0.313 e. The van der Waals surface area contributed by atoms with E-state index in [-0.39, 0.29) is 12.2 Å². The second-order valence-corrected chi connectivity index (χ2v) is 2.26. The number of hydrogen-bond donors (Lipinski definition) is 0. The number of allylic oxidation sites excluding steroid dienone is 2. The van der Waals surface area contributed by atoms with Gasteiger partial charge < -0.3 is 4.74 Å². The Hall–Kier alpha value is -1.12. The van der Waals surface area contributed by atoms with Crippen LogP contribution in [0.3, 0.4) is 0 Å². The Morgan fingerprint density at radius 3 is 2.50 bits per heavy atom. The number of hydrogen-bond acceptors (Lipinski definition) is 3. The molecule has 0 aromatic rings. The van der Waals surface area contributed by atoms with Gasteiger partial charge >= 0.3 is 5.97 Å². The first-order valence-corrected chi connectivity index (χ1v) is 4.05. The zero-order valence-corrected chi connectivity index (χ0v) is 7.50. The normalized spacial score (nSPS) is 10.2. The Labute approximate surface area is 72.4 Å². The van der Waals surface area contributed by atoms with E-state index in [9.17, 15) is 9.59 Å². The molecule has 0 aliphatic rings. The fraction of sp³-hybridized carbons (Fsp3) is 0.556. The lowest BCUT2D eigenvalue weighted by Gasteiger charge is -1.97. The summed E-state index contributed by atoms with van der Waals surface area (Å²) in [4.78, 5) is 21.6. The largest absolute Gasteiger partial charge is 0.466 e. The summed E-state index contributed by atoms with van der Waals surface area (Å²) >= 11 is 0. The fourth-order valence-corrected chi connectivity index (χ4v) is 0.663. The first kappa shape index (κ1) is 10.9. The van der Waals surface area contributed by atoms with Gasteiger partial charge in [-0.15, -0.1) is 0 Å². The Morgan fingerprint density at radius 1 is 1.33 bits per heavy atom. The van der Waals surface area contributed by atoms with Crippen LogP contribution < -0.4 is 0 Å². The minimum absolute atomic E-state index is 0.148. The lowest BCUT2D eigenvalue weighted by Crippen LogP contribution is -2.08.